The van der Waals surface area contributed by atoms with Gasteiger partial charge in [0.2, 0.25) is 40.8 Å². The van der Waals surface area contributed by atoms with E-state index in [2.05, 4.69) is 46.1 Å². The van der Waals surface area contributed by atoms with E-state index in [4.69, 9.17) is 79.1 Å². The number of carbonyl (C=O) groups is 9. The Hall–Kier alpha value is -10.1. The lowest BCUT2D eigenvalue weighted by molar-refractivity contribution is -0.141. The van der Waals surface area contributed by atoms with Crippen LogP contribution >= 0.6 is 0 Å². The Morgan fingerprint density at radius 3 is 1.29 bits per heavy atom. The van der Waals surface area contributed by atoms with Crippen molar-refractivity contribution in [1.29, 1.82) is 10.8 Å². The number of ether oxygens (including phenoxy) is 12. The number of aromatic amines is 2. The van der Waals surface area contributed by atoms with Crippen molar-refractivity contribution >= 4 is 86.7 Å². The van der Waals surface area contributed by atoms with E-state index in [-0.39, 0.29) is 134 Å². The van der Waals surface area contributed by atoms with Crippen LogP contribution in [0.1, 0.15) is 67.7 Å². The lowest BCUT2D eigenvalue weighted by Gasteiger charge is -2.34. The molecule has 0 unspecified atom stereocenters. The number of nitrogens with two attached hydrogens (primary N) is 2. The van der Waals surface area contributed by atoms with Crippen LogP contribution in [-0.2, 0) is 94.0 Å². The fraction of sp³-hybridized carbons (Fsp3) is 0.554. The topological polar surface area (TPSA) is 488 Å². The van der Waals surface area contributed by atoms with Gasteiger partial charge in [-0.2, -0.15) is 9.98 Å². The zero-order valence-electron chi connectivity index (χ0n) is 64.6. The Morgan fingerprint density at radius 2 is 0.893 bits per heavy atom. The van der Waals surface area contributed by atoms with Crippen LogP contribution in [0, 0.1) is 10.8 Å². The van der Waals surface area contributed by atoms with Crippen molar-refractivity contribution in [3.05, 3.63) is 94.5 Å². The molecule has 38 heteroatoms. The summed E-state index contributed by atoms with van der Waals surface area (Å²) in [6, 6.07) is 6.09. The molecule has 2 aliphatic rings. The van der Waals surface area contributed by atoms with Gasteiger partial charge in [0.25, 0.3) is 23.6 Å². The number of carbonyl (C=O) groups excluding carboxylic acids is 9. The smallest absolute Gasteiger partial charge is 0.296 e. The molecule has 6 rings (SSSR count). The largest absolute Gasteiger partial charge is 0.494 e. The molecule has 0 saturated carbocycles. The number of piperazine rings is 1. The van der Waals surface area contributed by atoms with E-state index in [1.54, 1.807) is 34.3 Å². The van der Waals surface area contributed by atoms with E-state index in [0.717, 1.165) is 17.1 Å². The van der Waals surface area contributed by atoms with Crippen molar-refractivity contribution in [3.63, 3.8) is 0 Å². The summed E-state index contributed by atoms with van der Waals surface area (Å²) in [7, 11) is 1.43. The molecular formula is C74H109N17O21. The number of nitrogens with zero attached hydrogens (tertiary/aromatic N) is 7. The zero-order valence-corrected chi connectivity index (χ0v) is 64.6. The number of fused-ring (bicyclic) bond motifs is 2. The number of primary amides is 2. The molecule has 2 aromatic heterocycles. The summed E-state index contributed by atoms with van der Waals surface area (Å²) >= 11 is 0. The minimum atomic E-state index is -0.720. The lowest BCUT2D eigenvalue weighted by atomic mass is 10.1. The first-order valence-corrected chi connectivity index (χ1v) is 37.2. The van der Waals surface area contributed by atoms with E-state index >= 15 is 0 Å². The van der Waals surface area contributed by atoms with Crippen LogP contribution in [0.2, 0.25) is 0 Å². The van der Waals surface area contributed by atoms with Gasteiger partial charge in [-0.15, -0.1) is 0 Å². The summed E-state index contributed by atoms with van der Waals surface area (Å²) < 4.78 is 71.0. The summed E-state index contributed by atoms with van der Waals surface area (Å²) in [5.41, 5.74) is 14.1. The molecule has 112 heavy (non-hydrogen) atoms. The SMILES string of the molecule is CCN/C(=C\C(C)=N)C(=O)/N=c1\[nH]c2cc(C(N)=O)cc(OC)c2n1C/C=C/Cn1/c(=N/C(=O)/C(=C/C(C)=N)NCC)[nH]c2cc(C(N)=O)cc(OCCCN3CCN(C(=O)CCOCCOCCOCCOCCOCCOCCOCCOCCOCCOCCC(=O)NCCNC(=O)CN4C(=O)C=CC4=O)CC3)c21. The highest BCUT2D eigenvalue weighted by Crippen LogP contribution is 2.28. The monoisotopic (exact) mass is 1570 g/mol. The molecule has 0 bridgehead atoms. The average Bonchev–Trinajstić information content (AvgIpc) is 1.63. The van der Waals surface area contributed by atoms with Crippen LogP contribution in [-0.4, -0.2) is 310 Å². The van der Waals surface area contributed by atoms with Crippen molar-refractivity contribution in [1.82, 2.24) is 55.1 Å². The predicted molar refractivity (Wildman–Crippen MR) is 409 cm³/mol. The van der Waals surface area contributed by atoms with E-state index in [9.17, 15) is 43.2 Å². The molecule has 2 aliphatic heterocycles. The Morgan fingerprint density at radius 1 is 0.509 bits per heavy atom. The number of nitrogens with one attached hydrogen (secondary N) is 8. The van der Waals surface area contributed by atoms with E-state index in [1.807, 2.05) is 11.8 Å². The number of likely N-dealkylation sites (N-methyl/N-ethyl adjacent to an activating group) is 2. The molecule has 2 aromatic carbocycles. The van der Waals surface area contributed by atoms with Crippen LogP contribution in [0.25, 0.3) is 22.1 Å². The molecule has 0 atom stereocenters. The zero-order chi connectivity index (χ0) is 80.8. The highest BCUT2D eigenvalue weighted by molar-refractivity contribution is 6.14. The Balaban J connectivity index is 0.799. The molecule has 616 valence electrons. The highest BCUT2D eigenvalue weighted by atomic mass is 16.6. The number of imide groups is 1. The van der Waals surface area contributed by atoms with Crippen LogP contribution in [0.4, 0.5) is 0 Å². The van der Waals surface area contributed by atoms with Gasteiger partial charge < -0.3 is 124 Å². The average molecular weight is 1570 g/mol. The number of allylic oxidation sites excluding steroid dienone is 4. The summed E-state index contributed by atoms with van der Waals surface area (Å²) in [6.07, 6.45) is 9.48. The normalized spacial score (nSPS) is 13.8. The van der Waals surface area contributed by atoms with Crippen LogP contribution < -0.4 is 53.4 Å². The summed E-state index contributed by atoms with van der Waals surface area (Å²) in [4.78, 5) is 133. The minimum Gasteiger partial charge on any atom is -0.494 e. The Labute approximate surface area is 648 Å². The molecule has 12 N–H and O–H groups in total. The highest BCUT2D eigenvalue weighted by Gasteiger charge is 2.26. The Kier molecular flexibility index (Phi) is 41.7. The van der Waals surface area contributed by atoms with Gasteiger partial charge in [-0.05, 0) is 70.5 Å². The standard InChI is InChI=1S/C74H109N17O21/c1-6-79-58(45-52(3)75)71(99)85-73-83-56-47-54(69(77)97)49-60(101-5)67(56)89(73)18-8-9-19-90-68-57(84-74(90)86-72(100)59(80-7-2)46-53(4)76)48-55(70(78)98)50-61(68)112-24-10-17-87-20-22-88(23-21-87)64(94)14-26-103-28-30-105-32-34-107-36-38-109-40-42-111-44-43-110-41-39-108-37-35-106-33-31-104-29-27-102-25-13-62(92)81-15-16-82-63(93)51-91-65(95)11-12-66(91)96/h8-9,11-12,45-50,75-76,79-80H,6-7,10,13-44,51H2,1-5H3,(H2,77,97)(H2,78,98)(H,81,92)(H,82,93)(H,83,85,99)(H,84,86,100)/b9-8+,58-45-,59-46-,75-52?,76-53?. The second-order valence-corrected chi connectivity index (χ2v) is 25.0. The number of H-pyrrole nitrogens is 2. The van der Waals surface area contributed by atoms with Crippen molar-refractivity contribution in [2.75, 3.05) is 211 Å². The molecule has 9 amide bonds. The number of rotatable bonds is 58. The number of methoxy groups -OCH3 is 1. The molecule has 0 aliphatic carbocycles. The number of hydrogen-bond acceptors (Lipinski definition) is 26. The molecule has 4 aromatic rings. The van der Waals surface area contributed by atoms with Crippen LogP contribution in [0.3, 0.4) is 0 Å². The van der Waals surface area contributed by atoms with Crippen molar-refractivity contribution in [2.24, 2.45) is 21.5 Å². The number of amides is 9. The first-order valence-electron chi connectivity index (χ1n) is 37.2. The van der Waals surface area contributed by atoms with Gasteiger partial charge in [-0.1, -0.05) is 12.2 Å². The van der Waals surface area contributed by atoms with E-state index in [1.165, 1.54) is 51.3 Å². The van der Waals surface area contributed by atoms with E-state index < -0.39 is 41.4 Å². The maximum Gasteiger partial charge on any atom is 0.296 e. The fourth-order valence-electron chi connectivity index (χ4n) is 11.0. The maximum atomic E-state index is 13.9. The van der Waals surface area contributed by atoms with Crippen molar-refractivity contribution < 1.29 is 100.0 Å². The third-order valence-electron chi connectivity index (χ3n) is 16.4. The second kappa shape index (κ2) is 51.4. The number of hydrogen-bond donors (Lipinski definition) is 10. The molecule has 1 fully saturated rings. The van der Waals surface area contributed by atoms with Crippen molar-refractivity contribution in [2.45, 2.75) is 60.0 Å². The quantitative estimate of drug-likeness (QED) is 0.00888. The first-order chi connectivity index (χ1) is 54.2. The van der Waals surface area contributed by atoms with Crippen LogP contribution in [0.15, 0.2) is 82.1 Å². The van der Waals surface area contributed by atoms with Gasteiger partial charge in [-0.25, -0.2) is 0 Å². The van der Waals surface area contributed by atoms with Crippen LogP contribution in [0.5, 0.6) is 11.5 Å². The van der Waals surface area contributed by atoms with Gasteiger partial charge in [-0.3, -0.25) is 53.0 Å². The molecular weight excluding hydrogens is 1460 g/mol. The second-order valence-electron chi connectivity index (χ2n) is 25.0. The fourth-order valence-corrected chi connectivity index (χ4v) is 11.0. The summed E-state index contributed by atoms with van der Waals surface area (Å²) in [5.74, 6) is -4.05. The van der Waals surface area contributed by atoms with Gasteiger partial charge >= 0.3 is 0 Å². The predicted octanol–water partition coefficient (Wildman–Crippen LogP) is -0.348. The third-order valence-corrected chi connectivity index (χ3v) is 16.4. The summed E-state index contributed by atoms with van der Waals surface area (Å²) in [6.45, 7) is 18.3. The molecule has 38 nitrogen and oxygen atoms in total. The number of benzene rings is 2. The van der Waals surface area contributed by atoms with Crippen molar-refractivity contribution in [3.8, 4) is 11.5 Å². The van der Waals surface area contributed by atoms with Gasteiger partial charge in [0.15, 0.2) is 0 Å². The first kappa shape index (κ1) is 90.8. The third kappa shape index (κ3) is 32.7. The maximum absolute atomic E-state index is 13.9. The van der Waals surface area contributed by atoms with Gasteiger partial charge in [0.05, 0.1) is 163 Å². The number of imidazole rings is 2. The Bertz CT molecular complexity index is 4040. The van der Waals surface area contributed by atoms with Gasteiger partial charge in [0, 0.05) is 113 Å². The number of aromatic nitrogens is 4. The molecule has 1 saturated heterocycles. The molecule has 0 spiro atoms. The lowest BCUT2D eigenvalue weighted by Crippen LogP contribution is -2.49. The molecule has 4 heterocycles. The summed E-state index contributed by atoms with van der Waals surface area (Å²) in [5, 5.41) is 27.2. The van der Waals surface area contributed by atoms with Gasteiger partial charge in [0.1, 0.15) is 40.5 Å². The van der Waals surface area contributed by atoms with E-state index in [0.29, 0.717) is 193 Å². The molecule has 0 radical (unpaired) electrons. The minimum absolute atomic E-state index is 0.00251.